The lowest BCUT2D eigenvalue weighted by Gasteiger charge is -2.19. The zero-order valence-electron chi connectivity index (χ0n) is 10.5. The fourth-order valence-electron chi connectivity index (χ4n) is 2.11. The Kier molecular flexibility index (Phi) is 5.32. The lowest BCUT2D eigenvalue weighted by atomic mass is 10.2. The topological polar surface area (TPSA) is 20.3 Å². The van der Waals surface area contributed by atoms with E-state index in [2.05, 4.69) is 24.1 Å². The van der Waals surface area contributed by atoms with Gasteiger partial charge in [0, 0.05) is 35.4 Å². The van der Waals surface area contributed by atoms with Gasteiger partial charge in [-0.25, -0.2) is 0 Å². The van der Waals surface area contributed by atoms with Gasteiger partial charge in [0.1, 0.15) is 0 Å². The molecule has 0 aliphatic carbocycles. The molecular formula is C14H19NOS2. The second-order valence-electron chi connectivity index (χ2n) is 4.37. The van der Waals surface area contributed by atoms with E-state index in [1.54, 1.807) is 0 Å². The molecule has 98 valence electrons. The van der Waals surface area contributed by atoms with Gasteiger partial charge in [-0.3, -0.25) is 4.79 Å². The maximum Gasteiger partial charge on any atom is 0.222 e. The molecule has 1 saturated heterocycles. The van der Waals surface area contributed by atoms with Gasteiger partial charge in [-0.2, -0.15) is 11.8 Å². The molecule has 2 nitrogen and oxygen atoms in total. The summed E-state index contributed by atoms with van der Waals surface area (Å²) in [6.45, 7) is 5.45. The van der Waals surface area contributed by atoms with E-state index >= 15 is 0 Å². The summed E-state index contributed by atoms with van der Waals surface area (Å²) in [5, 5.41) is 2.70. The summed E-state index contributed by atoms with van der Waals surface area (Å²) in [6.07, 6.45) is 4.29. The molecule has 1 amide bonds. The number of nitrogens with zero attached hydrogens (tertiary/aromatic N) is 1. The van der Waals surface area contributed by atoms with Crippen LogP contribution in [0.4, 0.5) is 0 Å². The predicted octanol–water partition coefficient (Wildman–Crippen LogP) is 3.72. The van der Waals surface area contributed by atoms with Crippen LogP contribution in [-0.4, -0.2) is 29.6 Å². The lowest BCUT2D eigenvalue weighted by Crippen LogP contribution is -2.32. The van der Waals surface area contributed by atoms with Crippen molar-refractivity contribution in [2.75, 3.05) is 18.8 Å². The molecule has 0 bridgehead atoms. The van der Waals surface area contributed by atoms with Crippen LogP contribution < -0.4 is 0 Å². The highest BCUT2D eigenvalue weighted by Gasteiger charge is 2.21. The maximum atomic E-state index is 12.0. The van der Waals surface area contributed by atoms with Crippen LogP contribution in [0.1, 0.15) is 29.4 Å². The number of hydrogen-bond acceptors (Lipinski definition) is 3. The Morgan fingerprint density at radius 1 is 1.56 bits per heavy atom. The van der Waals surface area contributed by atoms with Gasteiger partial charge in [-0.15, -0.1) is 17.9 Å². The van der Waals surface area contributed by atoms with E-state index in [0.29, 0.717) is 11.7 Å². The first-order valence-electron chi connectivity index (χ1n) is 6.35. The van der Waals surface area contributed by atoms with Crippen molar-refractivity contribution in [1.82, 2.24) is 4.90 Å². The highest BCUT2D eigenvalue weighted by Crippen LogP contribution is 2.36. The second kappa shape index (κ2) is 7.00. The van der Waals surface area contributed by atoms with Crippen LogP contribution in [-0.2, 0) is 4.79 Å². The number of amides is 1. The van der Waals surface area contributed by atoms with Crippen LogP contribution in [0.25, 0.3) is 0 Å². The first kappa shape index (κ1) is 13.7. The molecule has 2 rings (SSSR count). The smallest absolute Gasteiger partial charge is 0.222 e. The Bertz CT molecular complexity index is 389. The Labute approximate surface area is 117 Å². The summed E-state index contributed by atoms with van der Waals surface area (Å²) in [4.78, 5) is 15.4. The van der Waals surface area contributed by atoms with Gasteiger partial charge < -0.3 is 4.90 Å². The molecular weight excluding hydrogens is 262 g/mol. The highest BCUT2D eigenvalue weighted by molar-refractivity contribution is 7.99. The van der Waals surface area contributed by atoms with Crippen molar-refractivity contribution in [3.05, 3.63) is 35.0 Å². The fraction of sp³-hybridized carbons (Fsp3) is 0.500. The second-order valence-corrected chi connectivity index (χ2v) is 6.66. The molecule has 0 unspecified atom stereocenters. The summed E-state index contributed by atoms with van der Waals surface area (Å²) in [5.74, 6) is 1.32. The summed E-state index contributed by atoms with van der Waals surface area (Å²) >= 11 is 3.81. The molecule has 0 saturated carbocycles. The Balaban J connectivity index is 1.88. The van der Waals surface area contributed by atoms with Crippen LogP contribution in [0, 0.1) is 0 Å². The molecule has 1 aromatic heterocycles. The van der Waals surface area contributed by atoms with E-state index in [0.717, 1.165) is 31.7 Å². The standard InChI is InChI=1S/C14H19NOS2/c1-2-3-6-14(16)15-8-7-13(18-11-9-15)12-5-4-10-17-12/h2,4-5,10,13H,1,3,6-9,11H2/t13-/m0/s1. The number of thiophene rings is 1. The minimum Gasteiger partial charge on any atom is -0.342 e. The zero-order valence-corrected chi connectivity index (χ0v) is 12.1. The van der Waals surface area contributed by atoms with Crippen molar-refractivity contribution in [2.24, 2.45) is 0 Å². The number of carbonyl (C=O) groups is 1. The molecule has 1 fully saturated rings. The van der Waals surface area contributed by atoms with Crippen LogP contribution in [0.2, 0.25) is 0 Å². The number of hydrogen-bond donors (Lipinski definition) is 0. The van der Waals surface area contributed by atoms with Gasteiger partial charge in [0.2, 0.25) is 5.91 Å². The summed E-state index contributed by atoms with van der Waals surface area (Å²) in [5.41, 5.74) is 0. The number of allylic oxidation sites excluding steroid dienone is 1. The largest absolute Gasteiger partial charge is 0.342 e. The fourth-order valence-corrected chi connectivity index (χ4v) is 4.34. The normalized spacial score (nSPS) is 20.4. The highest BCUT2D eigenvalue weighted by atomic mass is 32.2. The van der Waals surface area contributed by atoms with Gasteiger partial charge in [0.25, 0.3) is 0 Å². The molecule has 1 aromatic rings. The average Bonchev–Trinajstić information content (AvgIpc) is 2.80. The summed E-state index contributed by atoms with van der Waals surface area (Å²) in [7, 11) is 0. The number of carbonyl (C=O) groups excluding carboxylic acids is 1. The maximum absolute atomic E-state index is 12.0. The van der Waals surface area contributed by atoms with Crippen molar-refractivity contribution in [2.45, 2.75) is 24.5 Å². The molecule has 0 spiro atoms. The quantitative estimate of drug-likeness (QED) is 0.784. The first-order chi connectivity index (χ1) is 8.81. The van der Waals surface area contributed by atoms with E-state index in [-0.39, 0.29) is 5.91 Å². The van der Waals surface area contributed by atoms with E-state index in [9.17, 15) is 4.79 Å². The van der Waals surface area contributed by atoms with Gasteiger partial charge in [-0.05, 0) is 24.3 Å². The minimum absolute atomic E-state index is 0.280. The number of rotatable bonds is 4. The summed E-state index contributed by atoms with van der Waals surface area (Å²) in [6, 6.07) is 4.32. The van der Waals surface area contributed by atoms with Gasteiger partial charge in [-0.1, -0.05) is 12.1 Å². The molecule has 1 atom stereocenters. The van der Waals surface area contributed by atoms with E-state index in [1.807, 2.05) is 34.1 Å². The average molecular weight is 281 g/mol. The molecule has 0 radical (unpaired) electrons. The van der Waals surface area contributed by atoms with E-state index in [4.69, 9.17) is 0 Å². The molecule has 2 heterocycles. The Hall–Kier alpha value is -0.740. The lowest BCUT2D eigenvalue weighted by molar-refractivity contribution is -0.130. The molecule has 1 aliphatic heterocycles. The third-order valence-corrected chi connectivity index (χ3v) is 5.56. The zero-order chi connectivity index (χ0) is 12.8. The van der Waals surface area contributed by atoms with Crippen LogP contribution in [0.5, 0.6) is 0 Å². The summed E-state index contributed by atoms with van der Waals surface area (Å²) < 4.78 is 0. The van der Waals surface area contributed by atoms with Crippen molar-refractivity contribution >= 4 is 29.0 Å². The van der Waals surface area contributed by atoms with E-state index < -0.39 is 0 Å². The monoisotopic (exact) mass is 281 g/mol. The predicted molar refractivity (Wildman–Crippen MR) is 80.1 cm³/mol. The van der Waals surface area contributed by atoms with Gasteiger partial charge in [0.05, 0.1) is 0 Å². The number of thioether (sulfide) groups is 1. The molecule has 0 N–H and O–H groups in total. The first-order valence-corrected chi connectivity index (χ1v) is 8.28. The van der Waals surface area contributed by atoms with Crippen LogP contribution >= 0.6 is 23.1 Å². The van der Waals surface area contributed by atoms with E-state index in [1.165, 1.54) is 4.88 Å². The minimum atomic E-state index is 0.280. The Morgan fingerprint density at radius 3 is 3.17 bits per heavy atom. The van der Waals surface area contributed by atoms with Crippen molar-refractivity contribution < 1.29 is 4.79 Å². The third kappa shape index (κ3) is 3.62. The Morgan fingerprint density at radius 2 is 2.44 bits per heavy atom. The van der Waals surface area contributed by atoms with Crippen LogP contribution in [0.3, 0.4) is 0 Å². The van der Waals surface area contributed by atoms with Gasteiger partial charge >= 0.3 is 0 Å². The third-order valence-electron chi connectivity index (χ3n) is 3.12. The van der Waals surface area contributed by atoms with Gasteiger partial charge in [0.15, 0.2) is 0 Å². The SMILES string of the molecule is C=CCCC(=O)N1CCS[C@H](c2cccs2)CC1. The molecule has 18 heavy (non-hydrogen) atoms. The molecule has 4 heteroatoms. The molecule has 1 aliphatic rings. The van der Waals surface area contributed by atoms with Crippen LogP contribution in [0.15, 0.2) is 30.2 Å². The molecule has 0 aromatic carbocycles. The van der Waals surface area contributed by atoms with Crippen molar-refractivity contribution in [3.63, 3.8) is 0 Å². The van der Waals surface area contributed by atoms with Crippen molar-refractivity contribution in [3.8, 4) is 0 Å². The van der Waals surface area contributed by atoms with Crippen molar-refractivity contribution in [1.29, 1.82) is 0 Å².